The molecule has 0 aromatic carbocycles. The summed E-state index contributed by atoms with van der Waals surface area (Å²) in [6.07, 6.45) is 4.12. The molecule has 0 amide bonds. The van der Waals surface area contributed by atoms with Gasteiger partial charge in [-0.2, -0.15) is 4.98 Å². The zero-order valence-electron chi connectivity index (χ0n) is 10.0. The summed E-state index contributed by atoms with van der Waals surface area (Å²) in [4.78, 5) is 12.8. The van der Waals surface area contributed by atoms with E-state index in [2.05, 4.69) is 49.8 Å². The first kappa shape index (κ1) is 13.1. The van der Waals surface area contributed by atoms with Gasteiger partial charge < -0.3 is 9.80 Å². The normalized spacial score (nSPS) is 20.3. The van der Waals surface area contributed by atoms with Crippen LogP contribution in [0.4, 0.5) is 5.82 Å². The molecule has 1 atom stereocenters. The summed E-state index contributed by atoms with van der Waals surface area (Å²) in [5.74, 6) is 0.911. The van der Waals surface area contributed by atoms with Crippen molar-refractivity contribution < 1.29 is 0 Å². The lowest BCUT2D eigenvalue weighted by Crippen LogP contribution is -2.38. The smallest absolute Gasteiger partial charge is 0.224 e. The van der Waals surface area contributed by atoms with E-state index >= 15 is 0 Å². The second-order valence-corrected chi connectivity index (χ2v) is 5.75. The lowest BCUT2D eigenvalue weighted by atomic mass is 10.2. The topological polar surface area (TPSA) is 32.3 Å². The minimum Gasteiger partial charge on any atom is -0.351 e. The highest BCUT2D eigenvalue weighted by atomic mass is 79.9. The van der Waals surface area contributed by atoms with Crippen molar-refractivity contribution in [2.75, 3.05) is 32.1 Å². The molecule has 94 valence electrons. The Morgan fingerprint density at radius 3 is 3.06 bits per heavy atom. The molecule has 1 saturated heterocycles. The van der Waals surface area contributed by atoms with Crippen molar-refractivity contribution >= 4 is 33.3 Å². The van der Waals surface area contributed by atoms with Gasteiger partial charge in [-0.1, -0.05) is 0 Å². The molecule has 2 heterocycles. The Hall–Kier alpha value is -0.390. The summed E-state index contributed by atoms with van der Waals surface area (Å²) in [5, 5.41) is 0.304. The lowest BCUT2D eigenvalue weighted by molar-refractivity contribution is 0.371. The van der Waals surface area contributed by atoms with Crippen molar-refractivity contribution in [3.63, 3.8) is 0 Å². The van der Waals surface area contributed by atoms with E-state index in [9.17, 15) is 0 Å². The Labute approximate surface area is 115 Å². The van der Waals surface area contributed by atoms with Crippen LogP contribution in [-0.4, -0.2) is 48.1 Å². The van der Waals surface area contributed by atoms with Gasteiger partial charge in [0.15, 0.2) is 0 Å². The first-order valence-corrected chi connectivity index (χ1v) is 6.84. The van der Waals surface area contributed by atoms with Gasteiger partial charge >= 0.3 is 0 Å². The van der Waals surface area contributed by atoms with Gasteiger partial charge in [-0.05, 0) is 54.5 Å². The van der Waals surface area contributed by atoms with E-state index < -0.39 is 0 Å². The first-order valence-electron chi connectivity index (χ1n) is 5.67. The summed E-state index contributed by atoms with van der Waals surface area (Å²) in [6, 6.07) is 0.507. The molecule has 0 N–H and O–H groups in total. The van der Waals surface area contributed by atoms with Crippen LogP contribution in [0.5, 0.6) is 0 Å². The molecule has 17 heavy (non-hydrogen) atoms. The van der Waals surface area contributed by atoms with Crippen molar-refractivity contribution in [1.82, 2.24) is 14.9 Å². The molecule has 0 bridgehead atoms. The summed E-state index contributed by atoms with van der Waals surface area (Å²) in [6.45, 7) is 2.07. The maximum Gasteiger partial charge on any atom is 0.224 e. The number of likely N-dealkylation sites (N-methyl/N-ethyl adjacent to an activating group) is 1. The van der Waals surface area contributed by atoms with Crippen molar-refractivity contribution in [2.45, 2.75) is 18.9 Å². The zero-order chi connectivity index (χ0) is 12.4. The summed E-state index contributed by atoms with van der Waals surface area (Å²) in [7, 11) is 4.19. The Balaban J connectivity index is 2.22. The van der Waals surface area contributed by atoms with Gasteiger partial charge in [0, 0.05) is 25.3 Å². The van der Waals surface area contributed by atoms with E-state index in [0.29, 0.717) is 11.3 Å². The predicted molar refractivity (Wildman–Crippen MR) is 73.7 cm³/mol. The van der Waals surface area contributed by atoms with Crippen LogP contribution in [-0.2, 0) is 0 Å². The third-order valence-electron chi connectivity index (χ3n) is 2.92. The molecule has 0 spiro atoms. The number of rotatable bonds is 3. The number of hydrogen-bond donors (Lipinski definition) is 0. The van der Waals surface area contributed by atoms with E-state index in [1.807, 2.05) is 0 Å². The van der Waals surface area contributed by atoms with Crippen LogP contribution in [0.15, 0.2) is 10.7 Å². The lowest BCUT2D eigenvalue weighted by Gasteiger charge is -2.28. The van der Waals surface area contributed by atoms with Crippen LogP contribution < -0.4 is 4.90 Å². The standard InChI is InChI=1S/C11H16BrClN4/c1-16(2)7-8-4-3-5-17(8)10-9(12)6-14-11(13)15-10/h6,8H,3-5,7H2,1-2H3. The van der Waals surface area contributed by atoms with Crippen molar-refractivity contribution in [1.29, 1.82) is 0 Å². The average molecular weight is 320 g/mol. The molecule has 1 fully saturated rings. The van der Waals surface area contributed by atoms with E-state index in [0.717, 1.165) is 23.4 Å². The van der Waals surface area contributed by atoms with Crippen LogP contribution in [0.1, 0.15) is 12.8 Å². The van der Waals surface area contributed by atoms with Crippen LogP contribution in [0.3, 0.4) is 0 Å². The molecule has 1 unspecified atom stereocenters. The second kappa shape index (κ2) is 5.50. The van der Waals surface area contributed by atoms with Crippen LogP contribution in [0.25, 0.3) is 0 Å². The molecule has 2 rings (SSSR count). The number of anilines is 1. The number of halogens is 2. The monoisotopic (exact) mass is 318 g/mol. The van der Waals surface area contributed by atoms with Gasteiger partial charge in [-0.3, -0.25) is 0 Å². The third kappa shape index (κ3) is 3.09. The highest BCUT2D eigenvalue weighted by molar-refractivity contribution is 9.10. The van der Waals surface area contributed by atoms with Gasteiger partial charge in [0.1, 0.15) is 5.82 Å². The zero-order valence-corrected chi connectivity index (χ0v) is 12.4. The quantitative estimate of drug-likeness (QED) is 0.801. The first-order chi connectivity index (χ1) is 8.08. The molecule has 0 radical (unpaired) electrons. The van der Waals surface area contributed by atoms with Gasteiger partial charge in [0.2, 0.25) is 5.28 Å². The van der Waals surface area contributed by atoms with E-state index in [1.54, 1.807) is 6.20 Å². The Kier molecular flexibility index (Phi) is 4.22. The molecule has 1 aromatic heterocycles. The predicted octanol–water partition coefficient (Wildman–Crippen LogP) is 2.42. The van der Waals surface area contributed by atoms with E-state index in [4.69, 9.17) is 11.6 Å². The average Bonchev–Trinajstić information content (AvgIpc) is 2.69. The highest BCUT2D eigenvalue weighted by Crippen LogP contribution is 2.30. The van der Waals surface area contributed by atoms with Gasteiger partial charge in [-0.15, -0.1) is 0 Å². The second-order valence-electron chi connectivity index (χ2n) is 4.56. The Bertz CT molecular complexity index is 399. The number of aromatic nitrogens is 2. The van der Waals surface area contributed by atoms with Gasteiger partial charge in [0.05, 0.1) is 4.47 Å². The van der Waals surface area contributed by atoms with Crippen molar-refractivity contribution in [3.05, 3.63) is 16.0 Å². The molecule has 1 aliphatic heterocycles. The Morgan fingerprint density at radius 1 is 1.59 bits per heavy atom. The van der Waals surface area contributed by atoms with Crippen LogP contribution in [0, 0.1) is 0 Å². The highest BCUT2D eigenvalue weighted by Gasteiger charge is 2.27. The van der Waals surface area contributed by atoms with Crippen LogP contribution >= 0.6 is 27.5 Å². The summed E-state index contributed by atoms with van der Waals surface area (Å²) >= 11 is 9.36. The molecule has 1 aliphatic rings. The van der Waals surface area contributed by atoms with Gasteiger partial charge in [0.25, 0.3) is 0 Å². The number of nitrogens with zero attached hydrogens (tertiary/aromatic N) is 4. The molecule has 0 aliphatic carbocycles. The fraction of sp³-hybridized carbons (Fsp3) is 0.636. The van der Waals surface area contributed by atoms with Crippen molar-refractivity contribution in [2.24, 2.45) is 0 Å². The SMILES string of the molecule is CN(C)CC1CCCN1c1nc(Cl)ncc1Br. The molecule has 6 heteroatoms. The fourth-order valence-electron chi connectivity index (χ4n) is 2.26. The molecule has 0 saturated carbocycles. The third-order valence-corrected chi connectivity index (χ3v) is 3.66. The van der Waals surface area contributed by atoms with E-state index in [-0.39, 0.29) is 0 Å². The Morgan fingerprint density at radius 2 is 2.35 bits per heavy atom. The fourth-order valence-corrected chi connectivity index (χ4v) is 2.81. The summed E-state index contributed by atoms with van der Waals surface area (Å²) < 4.78 is 0.910. The minimum absolute atomic E-state index is 0.304. The molecular weight excluding hydrogens is 304 g/mol. The maximum atomic E-state index is 5.87. The molecule has 4 nitrogen and oxygen atoms in total. The van der Waals surface area contributed by atoms with Crippen molar-refractivity contribution in [3.8, 4) is 0 Å². The largest absolute Gasteiger partial charge is 0.351 e. The van der Waals surface area contributed by atoms with E-state index in [1.165, 1.54) is 12.8 Å². The number of hydrogen-bond acceptors (Lipinski definition) is 4. The molecule has 1 aromatic rings. The maximum absolute atomic E-state index is 5.87. The summed E-state index contributed by atoms with van der Waals surface area (Å²) in [5.41, 5.74) is 0. The van der Waals surface area contributed by atoms with Crippen LogP contribution in [0.2, 0.25) is 5.28 Å². The molecular formula is C11H16BrClN4. The minimum atomic E-state index is 0.304. The van der Waals surface area contributed by atoms with Gasteiger partial charge in [-0.25, -0.2) is 4.98 Å².